The third-order valence-corrected chi connectivity index (χ3v) is 4.78. The molecule has 0 bridgehead atoms. The standard InChI is InChI=1S/C16H18BrN3O/c1-11-3-4-14(17)13-5-6-18-16(15(11)13)20-9-7-19(8-10-20)12(2)21/h3-6H,7-10H2,1-2H3. The number of carbonyl (C=O) groups excluding carboxylic acids is 1. The number of nitrogens with zero attached hydrogens (tertiary/aromatic N) is 3. The van der Waals surface area contributed by atoms with Crippen molar-refractivity contribution in [3.63, 3.8) is 0 Å². The summed E-state index contributed by atoms with van der Waals surface area (Å²) in [7, 11) is 0. The maximum Gasteiger partial charge on any atom is 0.219 e. The van der Waals surface area contributed by atoms with E-state index in [-0.39, 0.29) is 5.91 Å². The maximum absolute atomic E-state index is 11.4. The minimum atomic E-state index is 0.152. The zero-order valence-electron chi connectivity index (χ0n) is 12.3. The van der Waals surface area contributed by atoms with Gasteiger partial charge in [-0.15, -0.1) is 0 Å². The van der Waals surface area contributed by atoms with Crippen molar-refractivity contribution in [3.05, 3.63) is 34.4 Å². The van der Waals surface area contributed by atoms with Gasteiger partial charge in [0.05, 0.1) is 0 Å². The van der Waals surface area contributed by atoms with Crippen LogP contribution >= 0.6 is 15.9 Å². The van der Waals surface area contributed by atoms with Crippen molar-refractivity contribution in [1.29, 1.82) is 0 Å². The van der Waals surface area contributed by atoms with Gasteiger partial charge in [0.2, 0.25) is 5.91 Å². The molecule has 4 nitrogen and oxygen atoms in total. The molecule has 1 aliphatic heterocycles. The number of hydrogen-bond donors (Lipinski definition) is 0. The van der Waals surface area contributed by atoms with E-state index < -0.39 is 0 Å². The highest BCUT2D eigenvalue weighted by molar-refractivity contribution is 9.10. The van der Waals surface area contributed by atoms with E-state index in [4.69, 9.17) is 0 Å². The molecular formula is C16H18BrN3O. The zero-order valence-corrected chi connectivity index (χ0v) is 13.9. The molecule has 1 amide bonds. The van der Waals surface area contributed by atoms with Gasteiger partial charge in [-0.05, 0) is 24.6 Å². The second-order valence-corrected chi connectivity index (χ2v) is 6.27. The minimum Gasteiger partial charge on any atom is -0.353 e. The van der Waals surface area contributed by atoms with Gasteiger partial charge in [0.1, 0.15) is 5.82 Å². The van der Waals surface area contributed by atoms with Gasteiger partial charge in [0, 0.05) is 54.5 Å². The van der Waals surface area contributed by atoms with Crippen LogP contribution in [-0.2, 0) is 4.79 Å². The fourth-order valence-corrected chi connectivity index (χ4v) is 3.35. The summed E-state index contributed by atoms with van der Waals surface area (Å²) in [6, 6.07) is 6.24. The predicted molar refractivity (Wildman–Crippen MR) is 88.6 cm³/mol. The first-order chi connectivity index (χ1) is 10.1. The Morgan fingerprint density at radius 2 is 1.90 bits per heavy atom. The van der Waals surface area contributed by atoms with Gasteiger partial charge in [-0.25, -0.2) is 4.98 Å². The summed E-state index contributed by atoms with van der Waals surface area (Å²) in [6.07, 6.45) is 1.86. The molecule has 0 N–H and O–H groups in total. The van der Waals surface area contributed by atoms with Crippen molar-refractivity contribution in [2.45, 2.75) is 13.8 Å². The second-order valence-electron chi connectivity index (χ2n) is 5.41. The summed E-state index contributed by atoms with van der Waals surface area (Å²) in [6.45, 7) is 6.94. The topological polar surface area (TPSA) is 36.4 Å². The van der Waals surface area contributed by atoms with E-state index in [1.807, 2.05) is 17.2 Å². The molecule has 1 aliphatic rings. The van der Waals surface area contributed by atoms with Crippen LogP contribution in [-0.4, -0.2) is 42.0 Å². The lowest BCUT2D eigenvalue weighted by Gasteiger charge is -2.35. The Bertz CT molecular complexity index is 693. The molecule has 1 fully saturated rings. The molecule has 0 atom stereocenters. The van der Waals surface area contributed by atoms with Crippen molar-refractivity contribution in [1.82, 2.24) is 9.88 Å². The van der Waals surface area contributed by atoms with Gasteiger partial charge in [-0.1, -0.05) is 22.0 Å². The van der Waals surface area contributed by atoms with E-state index >= 15 is 0 Å². The van der Waals surface area contributed by atoms with Crippen LogP contribution < -0.4 is 4.90 Å². The first kappa shape index (κ1) is 14.3. The van der Waals surface area contributed by atoms with Crippen molar-refractivity contribution in [3.8, 4) is 0 Å². The Morgan fingerprint density at radius 1 is 1.19 bits per heavy atom. The van der Waals surface area contributed by atoms with Crippen molar-refractivity contribution in [2.75, 3.05) is 31.1 Å². The van der Waals surface area contributed by atoms with Crippen LogP contribution in [0.3, 0.4) is 0 Å². The number of hydrogen-bond acceptors (Lipinski definition) is 3. The number of rotatable bonds is 1. The summed E-state index contributed by atoms with van der Waals surface area (Å²) in [5, 5.41) is 2.39. The Morgan fingerprint density at radius 3 is 2.57 bits per heavy atom. The molecule has 1 aromatic heterocycles. The smallest absolute Gasteiger partial charge is 0.219 e. The summed E-state index contributed by atoms with van der Waals surface area (Å²) >= 11 is 3.62. The Labute approximate surface area is 132 Å². The molecule has 1 aromatic carbocycles. The van der Waals surface area contributed by atoms with Gasteiger partial charge < -0.3 is 9.80 Å². The average molecular weight is 348 g/mol. The van der Waals surface area contributed by atoms with Crippen molar-refractivity contribution >= 4 is 38.4 Å². The number of piperazine rings is 1. The molecule has 21 heavy (non-hydrogen) atoms. The third kappa shape index (κ3) is 2.62. The normalized spacial score (nSPS) is 15.6. The van der Waals surface area contributed by atoms with Crippen LogP contribution in [0.1, 0.15) is 12.5 Å². The number of pyridine rings is 1. The third-order valence-electron chi connectivity index (χ3n) is 4.09. The molecule has 110 valence electrons. The lowest BCUT2D eigenvalue weighted by atomic mass is 10.1. The Hall–Kier alpha value is -1.62. The van der Waals surface area contributed by atoms with Crippen LogP contribution in [0.2, 0.25) is 0 Å². The van der Waals surface area contributed by atoms with E-state index in [2.05, 4.69) is 44.9 Å². The van der Waals surface area contributed by atoms with Gasteiger partial charge in [-0.3, -0.25) is 4.79 Å². The Balaban J connectivity index is 1.99. The quantitative estimate of drug-likeness (QED) is 0.795. The maximum atomic E-state index is 11.4. The molecule has 1 saturated heterocycles. The van der Waals surface area contributed by atoms with Crippen LogP contribution in [0.4, 0.5) is 5.82 Å². The lowest BCUT2D eigenvalue weighted by molar-refractivity contribution is -0.129. The van der Waals surface area contributed by atoms with Crippen LogP contribution in [0.15, 0.2) is 28.9 Å². The largest absolute Gasteiger partial charge is 0.353 e. The second kappa shape index (κ2) is 5.64. The average Bonchev–Trinajstić information content (AvgIpc) is 2.50. The summed E-state index contributed by atoms with van der Waals surface area (Å²) in [5.74, 6) is 1.17. The number of amides is 1. The number of aromatic nitrogens is 1. The van der Waals surface area contributed by atoms with Crippen LogP contribution in [0.5, 0.6) is 0 Å². The van der Waals surface area contributed by atoms with Gasteiger partial charge in [0.15, 0.2) is 0 Å². The van der Waals surface area contributed by atoms with Crippen molar-refractivity contribution < 1.29 is 4.79 Å². The van der Waals surface area contributed by atoms with E-state index in [0.29, 0.717) is 0 Å². The number of anilines is 1. The summed E-state index contributed by atoms with van der Waals surface area (Å²) in [4.78, 5) is 20.2. The zero-order chi connectivity index (χ0) is 15.0. The number of carbonyl (C=O) groups is 1. The van der Waals surface area contributed by atoms with Gasteiger partial charge in [0.25, 0.3) is 0 Å². The number of benzene rings is 1. The molecule has 2 aromatic rings. The molecule has 0 spiro atoms. The van der Waals surface area contributed by atoms with Crippen molar-refractivity contribution in [2.24, 2.45) is 0 Å². The van der Waals surface area contributed by atoms with Gasteiger partial charge in [-0.2, -0.15) is 0 Å². The molecule has 2 heterocycles. The van der Waals surface area contributed by atoms with E-state index in [9.17, 15) is 4.79 Å². The molecule has 0 radical (unpaired) electrons. The molecule has 0 saturated carbocycles. The molecule has 3 rings (SSSR count). The van der Waals surface area contributed by atoms with E-state index in [1.165, 1.54) is 16.3 Å². The number of halogens is 1. The monoisotopic (exact) mass is 347 g/mol. The van der Waals surface area contributed by atoms with E-state index in [1.54, 1.807) is 6.92 Å². The first-order valence-corrected chi connectivity index (χ1v) is 7.91. The van der Waals surface area contributed by atoms with E-state index in [0.717, 1.165) is 36.5 Å². The fraction of sp³-hybridized carbons (Fsp3) is 0.375. The molecule has 5 heteroatoms. The van der Waals surface area contributed by atoms with Crippen LogP contribution in [0.25, 0.3) is 10.8 Å². The highest BCUT2D eigenvalue weighted by Gasteiger charge is 2.21. The minimum absolute atomic E-state index is 0.152. The predicted octanol–water partition coefficient (Wildman–Crippen LogP) is 2.97. The molecular weight excluding hydrogens is 330 g/mol. The number of fused-ring (bicyclic) bond motifs is 1. The highest BCUT2D eigenvalue weighted by Crippen LogP contribution is 2.32. The van der Waals surface area contributed by atoms with Gasteiger partial charge >= 0.3 is 0 Å². The molecule has 0 aliphatic carbocycles. The number of aryl methyl sites for hydroxylation is 1. The van der Waals surface area contributed by atoms with Crippen LogP contribution in [0, 0.1) is 6.92 Å². The Kier molecular flexibility index (Phi) is 3.85. The molecule has 0 unspecified atom stereocenters. The lowest BCUT2D eigenvalue weighted by Crippen LogP contribution is -2.48. The summed E-state index contributed by atoms with van der Waals surface area (Å²) in [5.41, 5.74) is 1.23. The SMILES string of the molecule is CC(=O)N1CCN(c2nccc3c(Br)ccc(C)c23)CC1. The first-order valence-electron chi connectivity index (χ1n) is 7.12. The highest BCUT2D eigenvalue weighted by atomic mass is 79.9. The summed E-state index contributed by atoms with van der Waals surface area (Å²) < 4.78 is 1.09. The fourth-order valence-electron chi connectivity index (χ4n) is 2.88.